The minimum absolute atomic E-state index is 0.242. The molecule has 1 atom stereocenters. The van der Waals surface area contributed by atoms with Crippen molar-refractivity contribution in [3.8, 4) is 11.1 Å². The van der Waals surface area contributed by atoms with Gasteiger partial charge in [0, 0.05) is 24.3 Å². The van der Waals surface area contributed by atoms with Crippen LogP contribution in [0.25, 0.3) is 16.6 Å². The average Bonchev–Trinajstić information content (AvgIpc) is 3.50. The van der Waals surface area contributed by atoms with Crippen molar-refractivity contribution in [2.45, 2.75) is 32.4 Å². The molecule has 0 radical (unpaired) electrons. The van der Waals surface area contributed by atoms with Crippen LogP contribution in [0.5, 0.6) is 0 Å². The van der Waals surface area contributed by atoms with Crippen molar-refractivity contribution in [1.29, 1.82) is 0 Å². The fourth-order valence-electron chi connectivity index (χ4n) is 3.61. The number of hydrogen-bond acceptors (Lipinski definition) is 5. The third-order valence-electron chi connectivity index (χ3n) is 5.50. The molecule has 0 saturated heterocycles. The Morgan fingerprint density at radius 3 is 2.80 bits per heavy atom. The monoisotopic (exact) mass is 407 g/mol. The minimum atomic E-state index is -0.534. The molecule has 4 rings (SSSR count). The Balaban J connectivity index is 1.69. The molecular weight excluding hydrogens is 382 g/mol. The Morgan fingerprint density at radius 1 is 1.30 bits per heavy atom. The van der Waals surface area contributed by atoms with Crippen molar-refractivity contribution in [3.63, 3.8) is 0 Å². The Hall–Kier alpha value is -3.39. The normalized spacial score (nSPS) is 14.5. The summed E-state index contributed by atoms with van der Waals surface area (Å²) in [4.78, 5) is 23.3. The lowest BCUT2D eigenvalue weighted by Gasteiger charge is -2.17. The Labute approximate surface area is 174 Å². The number of amides is 2. The van der Waals surface area contributed by atoms with Crippen LogP contribution in [-0.2, 0) is 11.3 Å². The first-order chi connectivity index (χ1) is 14.5. The number of hydrogen-bond donors (Lipinski definition) is 4. The molecule has 2 amide bonds. The number of nitrogens with one attached hydrogen (secondary N) is 2. The van der Waals surface area contributed by atoms with E-state index in [1.807, 2.05) is 36.5 Å². The van der Waals surface area contributed by atoms with E-state index in [2.05, 4.69) is 22.7 Å². The van der Waals surface area contributed by atoms with Crippen LogP contribution in [0.3, 0.4) is 0 Å². The standard InChI is InChI=1S/C22H25N5O3/c1-13(15-5-6-15)26-21-18(22(23)30)10-25-27-11-17(8-19(21)27)16-4-2-3-14(7-16)9-24-20(29)12-28/h2-4,7-8,10-11,13,15,26,28H,5-6,9,12H2,1H3,(H2,23,30)(H,24,29)/t13-/m1/s1. The maximum Gasteiger partial charge on any atom is 0.252 e. The molecule has 3 aromatic rings. The van der Waals surface area contributed by atoms with Gasteiger partial charge in [0.15, 0.2) is 0 Å². The van der Waals surface area contributed by atoms with E-state index in [0.29, 0.717) is 23.7 Å². The summed E-state index contributed by atoms with van der Waals surface area (Å²) in [5.41, 5.74) is 10.3. The topological polar surface area (TPSA) is 122 Å². The lowest BCUT2D eigenvalue weighted by molar-refractivity contribution is -0.123. The second-order valence-corrected chi connectivity index (χ2v) is 7.76. The summed E-state index contributed by atoms with van der Waals surface area (Å²) >= 11 is 0. The average molecular weight is 407 g/mol. The summed E-state index contributed by atoms with van der Waals surface area (Å²) in [7, 11) is 0. The maximum absolute atomic E-state index is 12.0. The number of anilines is 1. The number of nitrogens with two attached hydrogens (primary N) is 1. The number of rotatable bonds is 8. The van der Waals surface area contributed by atoms with Crippen molar-refractivity contribution in [2.75, 3.05) is 11.9 Å². The largest absolute Gasteiger partial charge is 0.387 e. The van der Waals surface area contributed by atoms with Gasteiger partial charge < -0.3 is 21.5 Å². The predicted molar refractivity (Wildman–Crippen MR) is 114 cm³/mol. The van der Waals surface area contributed by atoms with E-state index in [1.165, 1.54) is 19.0 Å². The number of primary amides is 1. The number of fused-ring (bicyclic) bond motifs is 1. The SMILES string of the molecule is C[C@@H](Nc1c(C(N)=O)cnn2cc(-c3cccc(CNC(=O)CO)c3)cc12)C1CC1. The van der Waals surface area contributed by atoms with Gasteiger partial charge in [0.1, 0.15) is 6.61 Å². The van der Waals surface area contributed by atoms with Crippen LogP contribution in [0.1, 0.15) is 35.7 Å². The molecule has 0 unspecified atom stereocenters. The van der Waals surface area contributed by atoms with E-state index in [0.717, 1.165) is 22.2 Å². The summed E-state index contributed by atoms with van der Waals surface area (Å²) in [5.74, 6) is -0.322. The van der Waals surface area contributed by atoms with Crippen LogP contribution in [0.15, 0.2) is 42.7 Å². The van der Waals surface area contributed by atoms with Crippen LogP contribution in [-0.4, -0.2) is 39.2 Å². The molecule has 5 N–H and O–H groups in total. The van der Waals surface area contributed by atoms with Gasteiger partial charge >= 0.3 is 0 Å². The molecule has 1 aromatic carbocycles. The Morgan fingerprint density at radius 2 is 2.10 bits per heavy atom. The van der Waals surface area contributed by atoms with Crippen LogP contribution >= 0.6 is 0 Å². The van der Waals surface area contributed by atoms with Gasteiger partial charge in [-0.25, -0.2) is 4.52 Å². The zero-order valence-corrected chi connectivity index (χ0v) is 16.8. The fraction of sp³-hybridized carbons (Fsp3) is 0.318. The van der Waals surface area contributed by atoms with Gasteiger partial charge in [-0.1, -0.05) is 18.2 Å². The van der Waals surface area contributed by atoms with Gasteiger partial charge in [-0.3, -0.25) is 9.59 Å². The van der Waals surface area contributed by atoms with E-state index >= 15 is 0 Å². The van der Waals surface area contributed by atoms with Crippen LogP contribution in [0, 0.1) is 5.92 Å². The number of nitrogens with zero attached hydrogens (tertiary/aromatic N) is 2. The third-order valence-corrected chi connectivity index (χ3v) is 5.50. The maximum atomic E-state index is 12.0. The van der Waals surface area contributed by atoms with E-state index < -0.39 is 18.4 Å². The lowest BCUT2D eigenvalue weighted by atomic mass is 10.1. The molecule has 1 fully saturated rings. The number of aromatic nitrogens is 2. The third kappa shape index (κ3) is 4.13. The lowest BCUT2D eigenvalue weighted by Crippen LogP contribution is -2.25. The van der Waals surface area contributed by atoms with E-state index in [4.69, 9.17) is 10.8 Å². The minimum Gasteiger partial charge on any atom is -0.387 e. The first-order valence-corrected chi connectivity index (χ1v) is 10.0. The molecule has 1 aliphatic rings. The number of carbonyl (C=O) groups excluding carboxylic acids is 2. The zero-order valence-electron chi connectivity index (χ0n) is 16.8. The first kappa shape index (κ1) is 19.9. The van der Waals surface area contributed by atoms with Gasteiger partial charge in [-0.05, 0) is 48.9 Å². The van der Waals surface area contributed by atoms with E-state index in [-0.39, 0.29) is 6.04 Å². The van der Waals surface area contributed by atoms with E-state index in [9.17, 15) is 9.59 Å². The van der Waals surface area contributed by atoms with Crippen molar-refractivity contribution >= 4 is 23.0 Å². The molecule has 0 bridgehead atoms. The highest BCUT2D eigenvalue weighted by Crippen LogP contribution is 2.36. The highest BCUT2D eigenvalue weighted by atomic mass is 16.3. The molecule has 2 heterocycles. The zero-order chi connectivity index (χ0) is 21.3. The number of aliphatic hydroxyl groups excluding tert-OH is 1. The summed E-state index contributed by atoms with van der Waals surface area (Å²) in [5, 5.41) is 19.3. The quantitative estimate of drug-likeness (QED) is 0.454. The smallest absolute Gasteiger partial charge is 0.252 e. The molecule has 8 nitrogen and oxygen atoms in total. The van der Waals surface area contributed by atoms with Crippen molar-refractivity contribution < 1.29 is 14.7 Å². The second-order valence-electron chi connectivity index (χ2n) is 7.76. The number of aliphatic hydroxyl groups is 1. The van der Waals surface area contributed by atoms with Gasteiger partial charge in [-0.15, -0.1) is 0 Å². The highest BCUT2D eigenvalue weighted by molar-refractivity contribution is 6.02. The van der Waals surface area contributed by atoms with Gasteiger partial charge in [0.25, 0.3) is 5.91 Å². The number of carbonyl (C=O) groups is 2. The van der Waals surface area contributed by atoms with E-state index in [1.54, 1.807) is 4.52 Å². The van der Waals surface area contributed by atoms with Gasteiger partial charge in [0.2, 0.25) is 5.91 Å². The predicted octanol–water partition coefficient (Wildman–Crippen LogP) is 1.92. The second kappa shape index (κ2) is 8.16. The fourth-order valence-corrected chi connectivity index (χ4v) is 3.61. The molecular formula is C22H25N5O3. The summed E-state index contributed by atoms with van der Waals surface area (Å²) in [6.07, 6.45) is 5.78. The first-order valence-electron chi connectivity index (χ1n) is 10.0. The molecule has 0 aliphatic heterocycles. The summed E-state index contributed by atoms with van der Waals surface area (Å²) in [6, 6.07) is 9.99. The summed E-state index contributed by atoms with van der Waals surface area (Å²) < 4.78 is 1.74. The highest BCUT2D eigenvalue weighted by Gasteiger charge is 2.29. The molecule has 8 heteroatoms. The van der Waals surface area contributed by atoms with Crippen molar-refractivity contribution in [3.05, 3.63) is 53.9 Å². The van der Waals surface area contributed by atoms with Crippen LogP contribution < -0.4 is 16.4 Å². The summed E-state index contributed by atoms with van der Waals surface area (Å²) in [6.45, 7) is 1.91. The van der Waals surface area contributed by atoms with Crippen LogP contribution in [0.2, 0.25) is 0 Å². The molecule has 30 heavy (non-hydrogen) atoms. The molecule has 1 aliphatic carbocycles. The number of benzene rings is 1. The molecule has 0 spiro atoms. The molecule has 1 saturated carbocycles. The Kier molecular flexibility index (Phi) is 5.41. The van der Waals surface area contributed by atoms with Crippen molar-refractivity contribution in [1.82, 2.24) is 14.9 Å². The van der Waals surface area contributed by atoms with Gasteiger partial charge in [0.05, 0.1) is 23.0 Å². The molecule has 156 valence electrons. The van der Waals surface area contributed by atoms with Crippen LogP contribution in [0.4, 0.5) is 5.69 Å². The van der Waals surface area contributed by atoms with Gasteiger partial charge in [-0.2, -0.15) is 5.10 Å². The Bertz CT molecular complexity index is 1100. The van der Waals surface area contributed by atoms with Crippen molar-refractivity contribution in [2.24, 2.45) is 11.7 Å². The molecule has 2 aromatic heterocycles.